The van der Waals surface area contributed by atoms with Gasteiger partial charge in [0.2, 0.25) is 5.91 Å². The van der Waals surface area contributed by atoms with Crippen molar-refractivity contribution in [1.82, 2.24) is 4.98 Å². The minimum atomic E-state index is -0.142. The van der Waals surface area contributed by atoms with Crippen molar-refractivity contribution in [3.63, 3.8) is 0 Å². The van der Waals surface area contributed by atoms with Crippen molar-refractivity contribution in [2.24, 2.45) is 0 Å². The molecule has 1 heterocycles. The highest BCUT2D eigenvalue weighted by molar-refractivity contribution is 8.00. The molecule has 0 aliphatic heterocycles. The first-order valence-electron chi connectivity index (χ1n) is 8.42. The molecule has 5 nitrogen and oxygen atoms in total. The van der Waals surface area contributed by atoms with Crippen LogP contribution in [0.3, 0.4) is 0 Å². The van der Waals surface area contributed by atoms with E-state index in [0.29, 0.717) is 17.2 Å². The van der Waals surface area contributed by atoms with Crippen molar-refractivity contribution >= 4 is 34.1 Å². The number of nitriles is 1. The van der Waals surface area contributed by atoms with E-state index >= 15 is 0 Å². The standard InChI is InChI=1S/C21H19N3O2S/c1-14-10-16(12-26-2)18(11-22)21(23-14)27-13-20(25)24-19-9-5-7-15-6-3-4-8-17(15)19/h3-10H,12-13H2,1-2H3,(H,24,25). The molecule has 0 radical (unpaired) electrons. The second-order valence-electron chi connectivity index (χ2n) is 6.01. The Balaban J connectivity index is 1.75. The highest BCUT2D eigenvalue weighted by Gasteiger charge is 2.14. The first-order chi connectivity index (χ1) is 13.1. The number of aromatic nitrogens is 1. The molecule has 0 unspecified atom stereocenters. The smallest absolute Gasteiger partial charge is 0.234 e. The Labute approximate surface area is 162 Å². The van der Waals surface area contributed by atoms with Crippen LogP contribution in [0, 0.1) is 18.3 Å². The van der Waals surface area contributed by atoms with Gasteiger partial charge in [-0.1, -0.05) is 48.2 Å². The Kier molecular flexibility index (Phi) is 6.07. The average Bonchev–Trinajstić information content (AvgIpc) is 2.67. The molecule has 0 aliphatic rings. The molecule has 1 N–H and O–H groups in total. The molecule has 0 saturated heterocycles. The van der Waals surface area contributed by atoms with Crippen LogP contribution in [-0.2, 0) is 16.1 Å². The number of hydrogen-bond donors (Lipinski definition) is 1. The van der Waals surface area contributed by atoms with Gasteiger partial charge < -0.3 is 10.1 Å². The maximum Gasteiger partial charge on any atom is 0.234 e. The molecule has 0 aliphatic carbocycles. The summed E-state index contributed by atoms with van der Waals surface area (Å²) in [5.74, 6) is 0.0256. The molecular formula is C21H19N3O2S. The van der Waals surface area contributed by atoms with Crippen molar-refractivity contribution in [2.45, 2.75) is 18.6 Å². The largest absolute Gasteiger partial charge is 0.380 e. The predicted molar refractivity (Wildman–Crippen MR) is 108 cm³/mol. The summed E-state index contributed by atoms with van der Waals surface area (Å²) in [6, 6.07) is 17.7. The number of hydrogen-bond acceptors (Lipinski definition) is 5. The molecule has 0 fully saturated rings. The lowest BCUT2D eigenvalue weighted by Gasteiger charge is -2.11. The molecule has 6 heteroatoms. The Hall–Kier alpha value is -2.88. The minimum Gasteiger partial charge on any atom is -0.380 e. The third kappa shape index (κ3) is 4.45. The van der Waals surface area contributed by atoms with Gasteiger partial charge in [-0.15, -0.1) is 0 Å². The minimum absolute atomic E-state index is 0.142. The van der Waals surface area contributed by atoms with Crippen molar-refractivity contribution in [2.75, 3.05) is 18.2 Å². The van der Waals surface area contributed by atoms with Crippen LogP contribution in [0.25, 0.3) is 10.8 Å². The zero-order chi connectivity index (χ0) is 19.2. The predicted octanol–water partition coefficient (Wildman–Crippen LogP) is 4.29. The Morgan fingerprint density at radius 2 is 2.04 bits per heavy atom. The van der Waals surface area contributed by atoms with Gasteiger partial charge in [0.05, 0.1) is 17.9 Å². The van der Waals surface area contributed by atoms with E-state index in [1.807, 2.05) is 55.5 Å². The molecule has 1 amide bonds. The molecule has 0 bridgehead atoms. The van der Waals surface area contributed by atoms with Crippen molar-refractivity contribution in [3.8, 4) is 6.07 Å². The zero-order valence-electron chi connectivity index (χ0n) is 15.2. The van der Waals surface area contributed by atoms with E-state index in [1.54, 1.807) is 7.11 Å². The van der Waals surface area contributed by atoms with E-state index in [9.17, 15) is 10.1 Å². The van der Waals surface area contributed by atoms with Crippen LogP contribution >= 0.6 is 11.8 Å². The number of methoxy groups -OCH3 is 1. The van der Waals surface area contributed by atoms with Gasteiger partial charge in [-0.3, -0.25) is 4.79 Å². The van der Waals surface area contributed by atoms with Gasteiger partial charge in [0.1, 0.15) is 11.1 Å². The number of benzene rings is 2. The molecule has 0 saturated carbocycles. The number of rotatable bonds is 6. The number of anilines is 1. The van der Waals surface area contributed by atoms with E-state index in [4.69, 9.17) is 4.74 Å². The summed E-state index contributed by atoms with van der Waals surface area (Å²) < 4.78 is 5.16. The van der Waals surface area contributed by atoms with Gasteiger partial charge in [0.25, 0.3) is 0 Å². The number of nitrogens with one attached hydrogen (secondary N) is 1. The molecule has 3 rings (SSSR count). The second-order valence-corrected chi connectivity index (χ2v) is 6.98. The third-order valence-corrected chi connectivity index (χ3v) is 4.99. The van der Waals surface area contributed by atoms with Crippen LogP contribution in [0.4, 0.5) is 5.69 Å². The van der Waals surface area contributed by atoms with Crippen LogP contribution in [0.1, 0.15) is 16.8 Å². The number of pyridine rings is 1. The Bertz CT molecular complexity index is 1020. The SMILES string of the molecule is COCc1cc(C)nc(SCC(=O)Nc2cccc3ccccc23)c1C#N. The summed E-state index contributed by atoms with van der Waals surface area (Å²) in [6.07, 6.45) is 0. The number of fused-ring (bicyclic) bond motifs is 1. The fourth-order valence-electron chi connectivity index (χ4n) is 2.86. The third-order valence-electron chi connectivity index (χ3n) is 4.01. The highest BCUT2D eigenvalue weighted by Crippen LogP contribution is 2.26. The first kappa shape index (κ1) is 18.9. The zero-order valence-corrected chi connectivity index (χ0v) is 16.0. The summed E-state index contributed by atoms with van der Waals surface area (Å²) >= 11 is 1.26. The lowest BCUT2D eigenvalue weighted by atomic mass is 10.1. The lowest BCUT2D eigenvalue weighted by molar-refractivity contribution is -0.113. The van der Waals surface area contributed by atoms with Gasteiger partial charge in [0, 0.05) is 23.9 Å². The lowest BCUT2D eigenvalue weighted by Crippen LogP contribution is -2.14. The number of carbonyl (C=O) groups is 1. The van der Waals surface area contributed by atoms with Gasteiger partial charge in [0.15, 0.2) is 0 Å². The molecule has 0 atom stereocenters. The molecular weight excluding hydrogens is 358 g/mol. The summed E-state index contributed by atoms with van der Waals surface area (Å²) in [5, 5.41) is 15.0. The maximum absolute atomic E-state index is 12.5. The highest BCUT2D eigenvalue weighted by atomic mass is 32.2. The normalized spacial score (nSPS) is 10.6. The fourth-order valence-corrected chi connectivity index (χ4v) is 3.73. The molecule has 2 aromatic carbocycles. The van der Waals surface area contributed by atoms with Crippen LogP contribution in [0.5, 0.6) is 0 Å². The molecule has 3 aromatic rings. The fraction of sp³-hybridized carbons (Fsp3) is 0.190. The topological polar surface area (TPSA) is 75.0 Å². The number of amides is 1. The van der Waals surface area contributed by atoms with Crippen molar-refractivity contribution in [3.05, 3.63) is 65.4 Å². The number of nitrogens with zero attached hydrogens (tertiary/aromatic N) is 2. The van der Waals surface area contributed by atoms with Crippen LogP contribution in [0.15, 0.2) is 53.6 Å². The molecule has 27 heavy (non-hydrogen) atoms. The summed E-state index contributed by atoms with van der Waals surface area (Å²) in [5.41, 5.74) is 2.81. The number of carbonyl (C=O) groups excluding carboxylic acids is 1. The van der Waals surface area contributed by atoms with Gasteiger partial charge in [-0.2, -0.15) is 5.26 Å². The summed E-state index contributed by atoms with van der Waals surface area (Å²) in [6.45, 7) is 2.20. The van der Waals surface area contributed by atoms with E-state index in [0.717, 1.165) is 27.7 Å². The van der Waals surface area contributed by atoms with Crippen LogP contribution in [-0.4, -0.2) is 23.8 Å². The van der Waals surface area contributed by atoms with Gasteiger partial charge in [-0.25, -0.2) is 4.98 Å². The van der Waals surface area contributed by atoms with Crippen LogP contribution in [0.2, 0.25) is 0 Å². The maximum atomic E-state index is 12.5. The van der Waals surface area contributed by atoms with Crippen LogP contribution < -0.4 is 5.32 Å². The summed E-state index contributed by atoms with van der Waals surface area (Å²) in [4.78, 5) is 16.9. The monoisotopic (exact) mass is 377 g/mol. The first-order valence-corrected chi connectivity index (χ1v) is 9.41. The van der Waals surface area contributed by atoms with Crippen molar-refractivity contribution < 1.29 is 9.53 Å². The second kappa shape index (κ2) is 8.67. The van der Waals surface area contributed by atoms with Gasteiger partial charge >= 0.3 is 0 Å². The Morgan fingerprint density at radius 3 is 2.81 bits per heavy atom. The quantitative estimate of drug-likeness (QED) is 0.649. The molecule has 1 aromatic heterocycles. The molecule has 136 valence electrons. The van der Waals surface area contributed by atoms with Gasteiger partial charge in [-0.05, 0) is 30.0 Å². The molecule has 0 spiro atoms. The van der Waals surface area contributed by atoms with E-state index in [-0.39, 0.29) is 11.7 Å². The average molecular weight is 377 g/mol. The number of aryl methyl sites for hydroxylation is 1. The van der Waals surface area contributed by atoms with E-state index in [1.165, 1.54) is 11.8 Å². The summed E-state index contributed by atoms with van der Waals surface area (Å²) in [7, 11) is 1.58. The number of ether oxygens (including phenoxy) is 1. The van der Waals surface area contributed by atoms with E-state index in [2.05, 4.69) is 16.4 Å². The van der Waals surface area contributed by atoms with E-state index < -0.39 is 0 Å². The van der Waals surface area contributed by atoms with Crippen molar-refractivity contribution in [1.29, 1.82) is 5.26 Å². The Morgan fingerprint density at radius 1 is 1.26 bits per heavy atom. The number of thioether (sulfide) groups is 1.